The molecule has 1 N–H and O–H groups in total. The fraction of sp³-hybridized carbons (Fsp3) is 0.0588. The molecular formula is C17H13ClN4O2. The number of halogens is 1. The van der Waals surface area contributed by atoms with Gasteiger partial charge in [-0.1, -0.05) is 23.7 Å². The lowest BCUT2D eigenvalue weighted by molar-refractivity contribution is -0.385. The van der Waals surface area contributed by atoms with Crippen molar-refractivity contribution >= 4 is 40.2 Å². The number of pyridine rings is 1. The third kappa shape index (κ3) is 3.33. The van der Waals surface area contributed by atoms with Crippen LogP contribution in [0.25, 0.3) is 10.9 Å². The van der Waals surface area contributed by atoms with Gasteiger partial charge in [-0.3, -0.25) is 15.5 Å². The van der Waals surface area contributed by atoms with Gasteiger partial charge >= 0.3 is 0 Å². The molecule has 0 aliphatic heterocycles. The van der Waals surface area contributed by atoms with Crippen molar-refractivity contribution in [2.75, 3.05) is 5.43 Å². The van der Waals surface area contributed by atoms with Crippen LogP contribution in [0.3, 0.4) is 0 Å². The summed E-state index contributed by atoms with van der Waals surface area (Å²) in [5.41, 5.74) is 5.03. The van der Waals surface area contributed by atoms with Crippen molar-refractivity contribution in [1.82, 2.24) is 4.98 Å². The molecule has 1 aromatic heterocycles. The number of anilines is 1. The van der Waals surface area contributed by atoms with Crippen LogP contribution in [0.5, 0.6) is 0 Å². The first kappa shape index (κ1) is 15.9. The van der Waals surface area contributed by atoms with Crippen LogP contribution in [0, 0.1) is 17.0 Å². The molecule has 0 aliphatic rings. The number of para-hydroxylation sites is 1. The standard InChI is InChI=1S/C17H13ClN4O2/c1-11-8-17(20-15-7-6-13(18)9-14(11)15)21-19-10-12-4-2-3-5-16(12)22(23)24/h2-10H,1H3,(H,20,21)/b19-10+. The quantitative estimate of drug-likeness (QED) is 0.429. The first-order chi connectivity index (χ1) is 11.5. The summed E-state index contributed by atoms with van der Waals surface area (Å²) in [7, 11) is 0. The monoisotopic (exact) mass is 340 g/mol. The second-order valence-electron chi connectivity index (χ2n) is 5.17. The second kappa shape index (κ2) is 6.64. The zero-order chi connectivity index (χ0) is 17.1. The summed E-state index contributed by atoms with van der Waals surface area (Å²) in [5, 5.41) is 16.6. The van der Waals surface area contributed by atoms with Gasteiger partial charge in [-0.15, -0.1) is 0 Å². The highest BCUT2D eigenvalue weighted by molar-refractivity contribution is 6.31. The fourth-order valence-electron chi connectivity index (χ4n) is 2.35. The molecule has 0 saturated heterocycles. The third-order valence-corrected chi connectivity index (χ3v) is 3.73. The molecule has 120 valence electrons. The van der Waals surface area contributed by atoms with Crippen LogP contribution in [0.4, 0.5) is 11.5 Å². The van der Waals surface area contributed by atoms with Crippen molar-refractivity contribution in [2.24, 2.45) is 5.10 Å². The summed E-state index contributed by atoms with van der Waals surface area (Å²) in [6, 6.07) is 13.7. The van der Waals surface area contributed by atoms with Crippen LogP contribution in [0.1, 0.15) is 11.1 Å². The Labute approximate surface area is 142 Å². The summed E-state index contributed by atoms with van der Waals surface area (Å²) in [6.45, 7) is 1.96. The zero-order valence-corrected chi connectivity index (χ0v) is 13.5. The number of benzene rings is 2. The molecule has 6 nitrogen and oxygen atoms in total. The molecule has 0 spiro atoms. The molecule has 0 aliphatic carbocycles. The Morgan fingerprint density at radius 2 is 2.04 bits per heavy atom. The van der Waals surface area contributed by atoms with Gasteiger partial charge in [-0.25, -0.2) is 4.98 Å². The molecular weight excluding hydrogens is 328 g/mol. The summed E-state index contributed by atoms with van der Waals surface area (Å²) < 4.78 is 0. The highest BCUT2D eigenvalue weighted by Gasteiger charge is 2.10. The molecule has 7 heteroatoms. The predicted molar refractivity (Wildman–Crippen MR) is 95.8 cm³/mol. The van der Waals surface area contributed by atoms with Crippen molar-refractivity contribution in [2.45, 2.75) is 6.92 Å². The fourth-order valence-corrected chi connectivity index (χ4v) is 2.53. The van der Waals surface area contributed by atoms with Crippen LogP contribution in [-0.2, 0) is 0 Å². The molecule has 0 radical (unpaired) electrons. The predicted octanol–water partition coefficient (Wildman–Crippen LogP) is 4.55. The second-order valence-corrected chi connectivity index (χ2v) is 5.61. The average Bonchev–Trinajstić information content (AvgIpc) is 2.56. The first-order valence-corrected chi connectivity index (χ1v) is 7.52. The minimum Gasteiger partial charge on any atom is -0.261 e. The minimum absolute atomic E-state index is 0.000318. The number of nitro groups is 1. The number of aryl methyl sites for hydroxylation is 1. The van der Waals surface area contributed by atoms with Crippen LogP contribution in [0.2, 0.25) is 5.02 Å². The number of hydrazone groups is 1. The van der Waals surface area contributed by atoms with E-state index in [-0.39, 0.29) is 5.69 Å². The highest BCUT2D eigenvalue weighted by Crippen LogP contribution is 2.23. The highest BCUT2D eigenvalue weighted by atomic mass is 35.5. The van der Waals surface area contributed by atoms with Gasteiger partial charge in [0, 0.05) is 16.5 Å². The number of nitrogens with zero attached hydrogens (tertiary/aromatic N) is 3. The van der Waals surface area contributed by atoms with E-state index in [1.54, 1.807) is 24.3 Å². The summed E-state index contributed by atoms with van der Waals surface area (Å²) in [5.74, 6) is 0.553. The molecule has 0 bridgehead atoms. The van der Waals surface area contributed by atoms with Gasteiger partial charge in [0.05, 0.1) is 22.2 Å². The summed E-state index contributed by atoms with van der Waals surface area (Å²) >= 11 is 6.00. The third-order valence-electron chi connectivity index (χ3n) is 3.49. The number of nitro benzene ring substituents is 1. The van der Waals surface area contributed by atoms with Crippen LogP contribution < -0.4 is 5.43 Å². The maximum absolute atomic E-state index is 11.0. The molecule has 3 aromatic rings. The van der Waals surface area contributed by atoms with Gasteiger partial charge in [0.15, 0.2) is 0 Å². The molecule has 0 unspecified atom stereocenters. The Balaban J connectivity index is 1.86. The van der Waals surface area contributed by atoms with E-state index in [0.717, 1.165) is 16.5 Å². The number of nitrogens with one attached hydrogen (secondary N) is 1. The maximum atomic E-state index is 11.0. The lowest BCUT2D eigenvalue weighted by Crippen LogP contribution is -1.98. The van der Waals surface area contributed by atoms with E-state index < -0.39 is 4.92 Å². The molecule has 0 fully saturated rings. The van der Waals surface area contributed by atoms with Crippen molar-refractivity contribution in [3.05, 3.63) is 74.8 Å². The maximum Gasteiger partial charge on any atom is 0.278 e. The van der Waals surface area contributed by atoms with E-state index in [9.17, 15) is 10.1 Å². The zero-order valence-electron chi connectivity index (χ0n) is 12.7. The van der Waals surface area contributed by atoms with Crippen molar-refractivity contribution in [1.29, 1.82) is 0 Å². The Hall–Kier alpha value is -2.99. The van der Waals surface area contributed by atoms with Crippen molar-refractivity contribution in [3.8, 4) is 0 Å². The Morgan fingerprint density at radius 3 is 2.83 bits per heavy atom. The first-order valence-electron chi connectivity index (χ1n) is 7.14. The van der Waals surface area contributed by atoms with Gasteiger partial charge < -0.3 is 0 Å². The van der Waals surface area contributed by atoms with E-state index in [1.807, 2.05) is 25.1 Å². The number of hydrogen-bond donors (Lipinski definition) is 1. The van der Waals surface area contributed by atoms with Crippen molar-refractivity contribution < 1.29 is 4.92 Å². The smallest absolute Gasteiger partial charge is 0.261 e. The SMILES string of the molecule is Cc1cc(N/N=C/c2ccccc2[N+](=O)[O-])nc2ccc(Cl)cc12. The van der Waals surface area contributed by atoms with E-state index in [2.05, 4.69) is 15.5 Å². The molecule has 2 aromatic carbocycles. The largest absolute Gasteiger partial charge is 0.278 e. The lowest BCUT2D eigenvalue weighted by atomic mass is 10.1. The van der Waals surface area contributed by atoms with E-state index >= 15 is 0 Å². The normalized spacial score (nSPS) is 11.1. The molecule has 24 heavy (non-hydrogen) atoms. The number of hydrogen-bond acceptors (Lipinski definition) is 5. The van der Waals surface area contributed by atoms with Crippen molar-refractivity contribution in [3.63, 3.8) is 0 Å². The molecule has 0 atom stereocenters. The van der Waals surface area contributed by atoms with E-state index in [4.69, 9.17) is 11.6 Å². The van der Waals surface area contributed by atoms with Gasteiger partial charge in [0.25, 0.3) is 5.69 Å². The molecule has 0 amide bonds. The number of rotatable bonds is 4. The molecule has 3 rings (SSSR count). The van der Waals surface area contributed by atoms with Crippen LogP contribution >= 0.6 is 11.6 Å². The number of fused-ring (bicyclic) bond motifs is 1. The minimum atomic E-state index is -0.441. The lowest BCUT2D eigenvalue weighted by Gasteiger charge is -2.06. The van der Waals surface area contributed by atoms with E-state index in [0.29, 0.717) is 16.4 Å². The van der Waals surface area contributed by atoms with Crippen LogP contribution in [-0.4, -0.2) is 16.1 Å². The van der Waals surface area contributed by atoms with Gasteiger partial charge in [0.1, 0.15) is 5.82 Å². The summed E-state index contributed by atoms with van der Waals surface area (Å²) in [4.78, 5) is 15.0. The van der Waals surface area contributed by atoms with Gasteiger partial charge in [0.2, 0.25) is 0 Å². The average molecular weight is 341 g/mol. The topological polar surface area (TPSA) is 80.4 Å². The Bertz CT molecular complexity index is 956. The summed E-state index contributed by atoms with van der Waals surface area (Å²) in [6.07, 6.45) is 1.40. The number of aromatic nitrogens is 1. The van der Waals surface area contributed by atoms with Gasteiger partial charge in [-0.05, 0) is 42.8 Å². The molecule has 1 heterocycles. The van der Waals surface area contributed by atoms with Gasteiger partial charge in [-0.2, -0.15) is 5.10 Å². The molecule has 0 saturated carbocycles. The Kier molecular flexibility index (Phi) is 4.39. The van der Waals surface area contributed by atoms with Crippen LogP contribution in [0.15, 0.2) is 53.6 Å². The Morgan fingerprint density at radius 1 is 1.25 bits per heavy atom. The van der Waals surface area contributed by atoms with E-state index in [1.165, 1.54) is 12.3 Å².